The number of carbonyl (C=O) groups excluding carboxylic acids is 1. The lowest BCUT2D eigenvalue weighted by molar-refractivity contribution is -0.118. The van der Waals surface area contributed by atoms with Gasteiger partial charge in [-0.2, -0.15) is 0 Å². The Morgan fingerprint density at radius 2 is 2.13 bits per heavy atom. The average molecular weight is 202 g/mol. The number of nitrogens with one attached hydrogen (secondary N) is 2. The van der Waals surface area contributed by atoms with Crippen LogP contribution in [0.4, 0.5) is 0 Å². The van der Waals surface area contributed by atoms with Crippen molar-refractivity contribution in [3.63, 3.8) is 0 Å². The van der Waals surface area contributed by atoms with E-state index >= 15 is 0 Å². The molecule has 3 nitrogen and oxygen atoms in total. The van der Waals surface area contributed by atoms with Gasteiger partial charge >= 0.3 is 0 Å². The molecule has 0 aliphatic rings. The molecule has 0 aliphatic heterocycles. The van der Waals surface area contributed by atoms with Crippen molar-refractivity contribution in [3.05, 3.63) is 36.0 Å². The van der Waals surface area contributed by atoms with Gasteiger partial charge in [-0.05, 0) is 20.0 Å². The van der Waals surface area contributed by atoms with Crippen LogP contribution in [0.25, 0.3) is 10.9 Å². The molecule has 0 saturated heterocycles. The van der Waals surface area contributed by atoms with E-state index in [1.165, 1.54) is 0 Å². The minimum atomic E-state index is -0.221. The van der Waals surface area contributed by atoms with Gasteiger partial charge in [0.25, 0.3) is 0 Å². The lowest BCUT2D eigenvalue weighted by Crippen LogP contribution is -2.22. The normalized spacial score (nSPS) is 12.9. The maximum atomic E-state index is 11.4. The Labute approximate surface area is 88.5 Å². The molecule has 0 bridgehead atoms. The minimum absolute atomic E-state index is 0.127. The minimum Gasteiger partial charge on any atom is -0.361 e. The highest BCUT2D eigenvalue weighted by atomic mass is 16.1. The van der Waals surface area contributed by atoms with Gasteiger partial charge in [-0.15, -0.1) is 0 Å². The van der Waals surface area contributed by atoms with Crippen LogP contribution in [0.5, 0.6) is 0 Å². The van der Waals surface area contributed by atoms with Crippen molar-refractivity contribution in [3.8, 4) is 0 Å². The molecule has 78 valence electrons. The fourth-order valence-corrected chi connectivity index (χ4v) is 1.91. The van der Waals surface area contributed by atoms with Crippen molar-refractivity contribution in [1.82, 2.24) is 10.3 Å². The zero-order valence-electron chi connectivity index (χ0n) is 8.87. The summed E-state index contributed by atoms with van der Waals surface area (Å²) >= 11 is 0. The number of para-hydroxylation sites is 1. The van der Waals surface area contributed by atoms with Gasteiger partial charge in [0.05, 0.1) is 6.04 Å². The van der Waals surface area contributed by atoms with Gasteiger partial charge in [0, 0.05) is 22.7 Å². The van der Waals surface area contributed by atoms with Crippen LogP contribution in [0, 0.1) is 0 Å². The molecule has 2 N–H and O–H groups in total. The Kier molecular flexibility index (Phi) is 2.56. The summed E-state index contributed by atoms with van der Waals surface area (Å²) in [6, 6.07) is 7.76. The van der Waals surface area contributed by atoms with E-state index in [-0.39, 0.29) is 11.8 Å². The van der Waals surface area contributed by atoms with Gasteiger partial charge < -0.3 is 10.3 Å². The molecule has 1 aromatic heterocycles. The van der Waals surface area contributed by atoms with Crippen molar-refractivity contribution < 1.29 is 4.79 Å². The predicted octanol–water partition coefficient (Wildman–Crippen LogP) is 2.02. The molecule has 0 saturated carbocycles. The molecule has 0 spiro atoms. The zero-order chi connectivity index (χ0) is 10.8. The molecule has 2 rings (SSSR count). The molecule has 0 fully saturated rings. The number of ketones is 1. The standard InChI is InChI=1S/C12H14N2O/c1-8(15)12(13-2)10-7-14-11-6-4-3-5-9(10)11/h3-7,12-14H,1-2H3. The highest BCUT2D eigenvalue weighted by Gasteiger charge is 2.17. The van der Waals surface area contributed by atoms with Crippen molar-refractivity contribution in [2.75, 3.05) is 7.05 Å². The maximum absolute atomic E-state index is 11.4. The summed E-state index contributed by atoms with van der Waals surface area (Å²) in [5.74, 6) is 0.127. The summed E-state index contributed by atoms with van der Waals surface area (Å²) in [6.07, 6.45) is 1.90. The Hall–Kier alpha value is -1.61. The van der Waals surface area contributed by atoms with Crippen LogP contribution in [-0.4, -0.2) is 17.8 Å². The van der Waals surface area contributed by atoms with Crippen LogP contribution < -0.4 is 5.32 Å². The second-order valence-electron chi connectivity index (χ2n) is 3.62. The Morgan fingerprint density at radius 3 is 2.80 bits per heavy atom. The maximum Gasteiger partial charge on any atom is 0.151 e. The molecule has 2 aromatic rings. The SMILES string of the molecule is CNC(C(C)=O)c1c[nH]c2ccccc12. The lowest BCUT2D eigenvalue weighted by atomic mass is 10.0. The summed E-state index contributed by atoms with van der Waals surface area (Å²) in [5.41, 5.74) is 2.08. The summed E-state index contributed by atoms with van der Waals surface area (Å²) < 4.78 is 0. The van der Waals surface area contributed by atoms with Crippen molar-refractivity contribution in [2.45, 2.75) is 13.0 Å². The summed E-state index contributed by atoms with van der Waals surface area (Å²) in [5, 5.41) is 4.13. The van der Waals surface area contributed by atoms with Gasteiger partial charge in [0.15, 0.2) is 5.78 Å². The Balaban J connectivity index is 2.55. The molecule has 1 unspecified atom stereocenters. The van der Waals surface area contributed by atoms with E-state index in [0.717, 1.165) is 16.5 Å². The third kappa shape index (κ3) is 1.66. The second-order valence-corrected chi connectivity index (χ2v) is 3.62. The van der Waals surface area contributed by atoms with E-state index in [2.05, 4.69) is 10.3 Å². The third-order valence-corrected chi connectivity index (χ3v) is 2.63. The number of fused-ring (bicyclic) bond motifs is 1. The molecular weight excluding hydrogens is 188 g/mol. The first-order valence-corrected chi connectivity index (χ1v) is 4.97. The van der Waals surface area contributed by atoms with Gasteiger partial charge in [-0.1, -0.05) is 18.2 Å². The Bertz CT molecular complexity index is 487. The number of benzene rings is 1. The molecule has 1 heterocycles. The predicted molar refractivity (Wildman–Crippen MR) is 60.8 cm³/mol. The number of hydrogen-bond donors (Lipinski definition) is 2. The van der Waals surface area contributed by atoms with Crippen LogP contribution in [0.2, 0.25) is 0 Å². The van der Waals surface area contributed by atoms with Crippen molar-refractivity contribution in [2.24, 2.45) is 0 Å². The smallest absolute Gasteiger partial charge is 0.151 e. The number of likely N-dealkylation sites (N-methyl/N-ethyl adjacent to an activating group) is 1. The first-order valence-electron chi connectivity index (χ1n) is 4.97. The average Bonchev–Trinajstić information content (AvgIpc) is 2.63. The van der Waals surface area contributed by atoms with Crippen LogP contribution >= 0.6 is 0 Å². The fraction of sp³-hybridized carbons (Fsp3) is 0.250. The monoisotopic (exact) mass is 202 g/mol. The molecular formula is C12H14N2O. The van der Waals surface area contributed by atoms with Crippen LogP contribution in [0.15, 0.2) is 30.5 Å². The van der Waals surface area contributed by atoms with Crippen LogP contribution in [-0.2, 0) is 4.79 Å². The summed E-state index contributed by atoms with van der Waals surface area (Å²) in [6.45, 7) is 1.60. The molecule has 0 aliphatic carbocycles. The third-order valence-electron chi connectivity index (χ3n) is 2.63. The van der Waals surface area contributed by atoms with Gasteiger partial charge in [0.2, 0.25) is 0 Å². The fourth-order valence-electron chi connectivity index (χ4n) is 1.91. The van der Waals surface area contributed by atoms with E-state index in [9.17, 15) is 4.79 Å². The van der Waals surface area contributed by atoms with Crippen LogP contribution in [0.3, 0.4) is 0 Å². The molecule has 1 aromatic carbocycles. The number of Topliss-reactive ketones (excluding diaryl/α,β-unsaturated/α-hetero) is 1. The molecule has 15 heavy (non-hydrogen) atoms. The van der Waals surface area contributed by atoms with E-state index in [1.807, 2.05) is 30.5 Å². The Morgan fingerprint density at radius 1 is 1.40 bits per heavy atom. The number of carbonyl (C=O) groups is 1. The van der Waals surface area contributed by atoms with Crippen molar-refractivity contribution in [1.29, 1.82) is 0 Å². The highest BCUT2D eigenvalue weighted by molar-refractivity contribution is 5.91. The summed E-state index contributed by atoms with van der Waals surface area (Å²) in [7, 11) is 1.80. The zero-order valence-corrected chi connectivity index (χ0v) is 8.87. The van der Waals surface area contributed by atoms with Crippen molar-refractivity contribution >= 4 is 16.7 Å². The number of aromatic amines is 1. The quantitative estimate of drug-likeness (QED) is 0.799. The number of aromatic nitrogens is 1. The van der Waals surface area contributed by atoms with E-state index in [1.54, 1.807) is 14.0 Å². The van der Waals surface area contributed by atoms with E-state index in [4.69, 9.17) is 0 Å². The molecule has 0 amide bonds. The second kappa shape index (κ2) is 3.87. The molecule has 0 radical (unpaired) electrons. The topological polar surface area (TPSA) is 44.9 Å². The van der Waals surface area contributed by atoms with Gasteiger partial charge in [-0.25, -0.2) is 0 Å². The van der Waals surface area contributed by atoms with Gasteiger partial charge in [-0.3, -0.25) is 4.79 Å². The number of rotatable bonds is 3. The summed E-state index contributed by atoms with van der Waals surface area (Å²) in [4.78, 5) is 14.6. The highest BCUT2D eigenvalue weighted by Crippen LogP contribution is 2.24. The number of hydrogen-bond acceptors (Lipinski definition) is 2. The number of H-pyrrole nitrogens is 1. The molecule has 3 heteroatoms. The van der Waals surface area contributed by atoms with Gasteiger partial charge in [0.1, 0.15) is 0 Å². The largest absolute Gasteiger partial charge is 0.361 e. The van der Waals surface area contributed by atoms with E-state index in [0.29, 0.717) is 0 Å². The van der Waals surface area contributed by atoms with Crippen LogP contribution in [0.1, 0.15) is 18.5 Å². The first-order chi connectivity index (χ1) is 7.24. The molecule has 1 atom stereocenters. The first kappa shape index (κ1) is 9.93. The lowest BCUT2D eigenvalue weighted by Gasteiger charge is -2.11. The van der Waals surface area contributed by atoms with E-state index < -0.39 is 0 Å².